The SMILES string of the molecule is CC1(C)CC2CC(C)(CN2C(=O)Cc2csc(NC(=O)CN(C(=O)c3ccc(F)cc3)C3CC3)n2)C1. The molecule has 7 nitrogen and oxygen atoms in total. The molecule has 2 aliphatic carbocycles. The van der Waals surface area contributed by atoms with Gasteiger partial charge in [-0.3, -0.25) is 14.4 Å². The molecular weight excluding hydrogens is 479 g/mol. The molecule has 3 aliphatic rings. The average Bonchev–Trinajstić information content (AvgIpc) is 3.48. The molecule has 192 valence electrons. The van der Waals surface area contributed by atoms with Gasteiger partial charge in [0.25, 0.3) is 5.91 Å². The number of hydrogen-bond donors (Lipinski definition) is 1. The summed E-state index contributed by atoms with van der Waals surface area (Å²) in [6, 6.07) is 5.66. The lowest BCUT2D eigenvalue weighted by molar-refractivity contribution is -0.131. The van der Waals surface area contributed by atoms with Crippen molar-refractivity contribution in [3.63, 3.8) is 0 Å². The number of benzene rings is 1. The molecule has 1 aromatic carbocycles. The van der Waals surface area contributed by atoms with E-state index in [9.17, 15) is 18.8 Å². The van der Waals surface area contributed by atoms with Gasteiger partial charge in [-0.25, -0.2) is 9.37 Å². The van der Waals surface area contributed by atoms with E-state index in [1.54, 1.807) is 0 Å². The van der Waals surface area contributed by atoms with Crippen LogP contribution in [0.5, 0.6) is 0 Å². The second kappa shape index (κ2) is 9.25. The first-order valence-electron chi connectivity index (χ1n) is 12.6. The summed E-state index contributed by atoms with van der Waals surface area (Å²) in [6.45, 7) is 7.57. The van der Waals surface area contributed by atoms with E-state index >= 15 is 0 Å². The molecule has 2 atom stereocenters. The van der Waals surface area contributed by atoms with E-state index in [4.69, 9.17) is 0 Å². The number of hydrogen-bond acceptors (Lipinski definition) is 5. The third-order valence-electron chi connectivity index (χ3n) is 7.52. The van der Waals surface area contributed by atoms with Gasteiger partial charge in [0.2, 0.25) is 11.8 Å². The lowest BCUT2D eigenvalue weighted by Gasteiger charge is -2.39. The Hall–Kier alpha value is -2.81. The minimum absolute atomic E-state index is 0.0180. The first-order chi connectivity index (χ1) is 17.0. The summed E-state index contributed by atoms with van der Waals surface area (Å²) in [5.41, 5.74) is 1.43. The van der Waals surface area contributed by atoms with Gasteiger partial charge >= 0.3 is 0 Å². The average molecular weight is 513 g/mol. The van der Waals surface area contributed by atoms with Crippen LogP contribution >= 0.6 is 11.3 Å². The lowest BCUT2D eigenvalue weighted by Crippen LogP contribution is -2.39. The van der Waals surface area contributed by atoms with E-state index in [1.807, 2.05) is 10.3 Å². The van der Waals surface area contributed by atoms with Crippen LogP contribution in [0.1, 0.15) is 68.9 Å². The van der Waals surface area contributed by atoms with Gasteiger partial charge in [0, 0.05) is 29.6 Å². The van der Waals surface area contributed by atoms with Crippen molar-refractivity contribution in [2.45, 2.75) is 71.4 Å². The van der Waals surface area contributed by atoms with Crippen LogP contribution in [-0.4, -0.2) is 57.7 Å². The standard InChI is InChI=1S/C27H33FN4O3S/c1-26(2)11-21-12-27(3,15-26)16-32(21)23(34)10-19-14-36-25(29-19)30-22(33)13-31(20-8-9-20)24(35)17-4-6-18(28)7-5-17/h4-7,14,20-21H,8-13,15-16H2,1-3H3,(H,29,30,33). The summed E-state index contributed by atoms with van der Waals surface area (Å²) in [5.74, 6) is -0.945. The van der Waals surface area contributed by atoms with E-state index in [0.29, 0.717) is 16.4 Å². The van der Waals surface area contributed by atoms with Crippen molar-refractivity contribution in [2.75, 3.05) is 18.4 Å². The van der Waals surface area contributed by atoms with Crippen LogP contribution in [0.25, 0.3) is 0 Å². The van der Waals surface area contributed by atoms with Gasteiger partial charge in [-0.1, -0.05) is 20.8 Å². The number of fused-ring (bicyclic) bond motifs is 2. The number of halogens is 1. The van der Waals surface area contributed by atoms with Crippen LogP contribution in [0, 0.1) is 16.6 Å². The molecule has 3 amide bonds. The van der Waals surface area contributed by atoms with Gasteiger partial charge in [-0.05, 0) is 67.2 Å². The summed E-state index contributed by atoms with van der Waals surface area (Å²) >= 11 is 1.28. The van der Waals surface area contributed by atoms with Gasteiger partial charge < -0.3 is 15.1 Å². The predicted octanol–water partition coefficient (Wildman–Crippen LogP) is 4.50. The highest BCUT2D eigenvalue weighted by molar-refractivity contribution is 7.13. The predicted molar refractivity (Wildman–Crippen MR) is 136 cm³/mol. The first kappa shape index (κ1) is 24.9. The molecule has 1 aromatic heterocycles. The lowest BCUT2D eigenvalue weighted by atomic mass is 9.65. The maximum Gasteiger partial charge on any atom is 0.254 e. The van der Waals surface area contributed by atoms with E-state index in [0.717, 1.165) is 38.6 Å². The molecule has 1 saturated heterocycles. The van der Waals surface area contributed by atoms with E-state index < -0.39 is 5.82 Å². The first-order valence-corrected chi connectivity index (χ1v) is 13.5. The van der Waals surface area contributed by atoms with Gasteiger partial charge in [0.05, 0.1) is 12.1 Å². The quantitative estimate of drug-likeness (QED) is 0.592. The van der Waals surface area contributed by atoms with Crippen LogP contribution in [-0.2, 0) is 16.0 Å². The van der Waals surface area contributed by atoms with E-state index in [-0.39, 0.29) is 53.6 Å². The topological polar surface area (TPSA) is 82.6 Å². The summed E-state index contributed by atoms with van der Waals surface area (Å²) in [6.07, 6.45) is 5.13. The van der Waals surface area contributed by atoms with Crippen molar-refractivity contribution in [1.82, 2.24) is 14.8 Å². The fraction of sp³-hybridized carbons (Fsp3) is 0.556. The Morgan fingerprint density at radius 1 is 1.17 bits per heavy atom. The van der Waals surface area contributed by atoms with Crippen molar-refractivity contribution < 1.29 is 18.8 Å². The number of nitrogens with zero attached hydrogens (tertiary/aromatic N) is 3. The zero-order valence-corrected chi connectivity index (χ0v) is 21.9. The van der Waals surface area contributed by atoms with Crippen molar-refractivity contribution in [1.29, 1.82) is 0 Å². The fourth-order valence-electron chi connectivity index (χ4n) is 6.28. The summed E-state index contributed by atoms with van der Waals surface area (Å²) < 4.78 is 13.2. The molecule has 2 unspecified atom stereocenters. The van der Waals surface area contributed by atoms with Gasteiger partial charge in [0.1, 0.15) is 12.4 Å². The Morgan fingerprint density at radius 2 is 1.89 bits per heavy atom. The Morgan fingerprint density at radius 3 is 2.58 bits per heavy atom. The van der Waals surface area contributed by atoms with Crippen LogP contribution in [0.2, 0.25) is 0 Å². The molecule has 1 aliphatic heterocycles. The number of aromatic nitrogens is 1. The molecule has 0 radical (unpaired) electrons. The molecular formula is C27H33FN4O3S. The summed E-state index contributed by atoms with van der Waals surface area (Å²) in [4.78, 5) is 46.8. The maximum atomic E-state index is 13.2. The molecule has 3 fully saturated rings. The molecule has 36 heavy (non-hydrogen) atoms. The molecule has 2 bridgehead atoms. The number of thiazole rings is 1. The van der Waals surface area contributed by atoms with Crippen molar-refractivity contribution in [3.05, 3.63) is 46.7 Å². The Labute approximate surface area is 215 Å². The number of likely N-dealkylation sites (tertiary alicyclic amines) is 1. The maximum absolute atomic E-state index is 13.2. The third-order valence-corrected chi connectivity index (χ3v) is 8.33. The normalized spacial score (nSPS) is 24.4. The second-order valence-electron chi connectivity index (χ2n) is 11.8. The Balaban J connectivity index is 1.17. The second-order valence-corrected chi connectivity index (χ2v) is 12.6. The largest absolute Gasteiger partial charge is 0.339 e. The number of carbonyl (C=O) groups excluding carboxylic acids is 3. The Bertz CT molecular complexity index is 1180. The van der Waals surface area contributed by atoms with Crippen LogP contribution in [0.4, 0.5) is 9.52 Å². The molecule has 2 saturated carbocycles. The molecule has 1 N–H and O–H groups in total. The monoisotopic (exact) mass is 512 g/mol. The van der Waals surface area contributed by atoms with Gasteiger partial charge in [-0.15, -0.1) is 11.3 Å². The van der Waals surface area contributed by atoms with Crippen molar-refractivity contribution in [3.8, 4) is 0 Å². The van der Waals surface area contributed by atoms with Gasteiger partial charge in [0.15, 0.2) is 5.13 Å². The third kappa shape index (κ3) is 5.45. The highest BCUT2D eigenvalue weighted by Crippen LogP contribution is 2.52. The molecule has 0 spiro atoms. The summed E-state index contributed by atoms with van der Waals surface area (Å²) in [5, 5.41) is 5.00. The molecule has 9 heteroatoms. The fourth-order valence-corrected chi connectivity index (χ4v) is 7.00. The zero-order valence-electron chi connectivity index (χ0n) is 21.1. The summed E-state index contributed by atoms with van der Waals surface area (Å²) in [7, 11) is 0. The molecule has 5 rings (SSSR count). The van der Waals surface area contributed by atoms with Crippen LogP contribution in [0.3, 0.4) is 0 Å². The number of nitrogens with one attached hydrogen (secondary N) is 1. The highest BCUT2D eigenvalue weighted by atomic mass is 32.1. The number of anilines is 1. The number of amides is 3. The van der Waals surface area contributed by atoms with Crippen LogP contribution < -0.4 is 5.32 Å². The minimum Gasteiger partial charge on any atom is -0.339 e. The van der Waals surface area contributed by atoms with E-state index in [2.05, 4.69) is 31.1 Å². The van der Waals surface area contributed by atoms with Crippen molar-refractivity contribution >= 4 is 34.2 Å². The molecule has 2 heterocycles. The number of rotatable bonds is 7. The van der Waals surface area contributed by atoms with Crippen LogP contribution in [0.15, 0.2) is 29.6 Å². The zero-order chi connectivity index (χ0) is 25.7. The van der Waals surface area contributed by atoms with E-state index in [1.165, 1.54) is 40.5 Å². The smallest absolute Gasteiger partial charge is 0.254 e. The minimum atomic E-state index is -0.411. The van der Waals surface area contributed by atoms with Gasteiger partial charge in [-0.2, -0.15) is 0 Å². The van der Waals surface area contributed by atoms with Crippen molar-refractivity contribution in [2.24, 2.45) is 10.8 Å². The number of carbonyl (C=O) groups is 3. The Kier molecular flexibility index (Phi) is 6.39. The molecule has 2 aromatic rings. The highest BCUT2D eigenvalue weighted by Gasteiger charge is 2.50.